The fourth-order valence-electron chi connectivity index (χ4n) is 4.95. The van der Waals surface area contributed by atoms with Gasteiger partial charge in [-0.2, -0.15) is 0 Å². The van der Waals surface area contributed by atoms with E-state index in [4.69, 9.17) is 24.2 Å². The normalized spacial score (nSPS) is 17.9. The molecule has 1 fully saturated rings. The van der Waals surface area contributed by atoms with E-state index >= 15 is 0 Å². The molecule has 0 bridgehead atoms. The predicted molar refractivity (Wildman–Crippen MR) is 167 cm³/mol. The second-order valence-electron chi connectivity index (χ2n) is 11.2. The van der Waals surface area contributed by atoms with E-state index < -0.39 is 11.7 Å². The van der Waals surface area contributed by atoms with E-state index in [-0.39, 0.29) is 11.7 Å². The highest BCUT2D eigenvalue weighted by molar-refractivity contribution is 5.78. The molecule has 0 radical (unpaired) electrons. The zero-order valence-corrected chi connectivity index (χ0v) is 24.9. The molecule has 2 aromatic heterocycles. The molecule has 0 unspecified atom stereocenters. The minimum absolute atomic E-state index is 0.0609. The van der Waals surface area contributed by atoms with E-state index in [0.29, 0.717) is 66.3 Å². The maximum Gasteiger partial charge on any atom is 0.227 e. The molecule has 5 aromatic rings. The van der Waals surface area contributed by atoms with Gasteiger partial charge < -0.3 is 29.8 Å². The number of hydrogen-bond donors (Lipinski definition) is 3. The Morgan fingerprint density at radius 3 is 2.56 bits per heavy atom. The molecule has 230 valence electrons. The van der Waals surface area contributed by atoms with E-state index in [0.717, 1.165) is 11.3 Å². The zero-order chi connectivity index (χ0) is 31.2. The SMILES string of the molecule is COc1cccc(Nc2nccc(-c3[nH]c(C4OCC(C)(CNC(=O)Cc5ccccc5)CO4)nc3-c3ccc(F)cc3)n2)c1. The smallest absolute Gasteiger partial charge is 0.227 e. The third-order valence-corrected chi connectivity index (χ3v) is 7.39. The molecule has 3 heterocycles. The van der Waals surface area contributed by atoms with Crippen LogP contribution in [0, 0.1) is 11.2 Å². The molecule has 0 saturated carbocycles. The van der Waals surface area contributed by atoms with Crippen molar-refractivity contribution >= 4 is 17.5 Å². The average molecular weight is 609 g/mol. The third-order valence-electron chi connectivity index (χ3n) is 7.39. The summed E-state index contributed by atoms with van der Waals surface area (Å²) >= 11 is 0. The monoisotopic (exact) mass is 608 g/mol. The van der Waals surface area contributed by atoms with Gasteiger partial charge in [-0.05, 0) is 48.0 Å². The quantitative estimate of drug-likeness (QED) is 0.181. The first-order valence-electron chi connectivity index (χ1n) is 14.5. The molecule has 1 aliphatic heterocycles. The number of rotatable bonds is 10. The first-order valence-corrected chi connectivity index (χ1v) is 14.5. The number of aromatic amines is 1. The number of aromatic nitrogens is 4. The number of ether oxygens (including phenoxy) is 3. The van der Waals surface area contributed by atoms with Crippen LogP contribution < -0.4 is 15.4 Å². The maximum atomic E-state index is 13.8. The van der Waals surface area contributed by atoms with Crippen LogP contribution in [0.5, 0.6) is 5.75 Å². The fraction of sp³-hybridized carbons (Fsp3) is 0.235. The number of nitrogens with one attached hydrogen (secondary N) is 3. The summed E-state index contributed by atoms with van der Waals surface area (Å²) in [6.45, 7) is 3.08. The second-order valence-corrected chi connectivity index (χ2v) is 11.2. The third kappa shape index (κ3) is 7.34. The molecule has 1 amide bonds. The molecule has 45 heavy (non-hydrogen) atoms. The summed E-state index contributed by atoms with van der Waals surface area (Å²) in [6, 6.07) is 24.9. The number of hydrogen-bond acceptors (Lipinski definition) is 8. The summed E-state index contributed by atoms with van der Waals surface area (Å²) in [4.78, 5) is 29.8. The van der Waals surface area contributed by atoms with Crippen molar-refractivity contribution in [2.24, 2.45) is 5.41 Å². The van der Waals surface area contributed by atoms with Crippen molar-refractivity contribution in [3.8, 4) is 28.4 Å². The molecular weight excluding hydrogens is 575 g/mol. The number of benzene rings is 3. The Kier molecular flexibility index (Phi) is 8.81. The highest BCUT2D eigenvalue weighted by Gasteiger charge is 2.35. The molecule has 0 aliphatic carbocycles. The van der Waals surface area contributed by atoms with Crippen LogP contribution in [-0.2, 0) is 20.7 Å². The summed E-state index contributed by atoms with van der Waals surface area (Å²) in [5, 5.41) is 6.21. The summed E-state index contributed by atoms with van der Waals surface area (Å²) < 4.78 is 31.4. The minimum atomic E-state index is -0.776. The lowest BCUT2D eigenvalue weighted by Crippen LogP contribution is -2.45. The molecule has 1 aliphatic rings. The number of carbonyl (C=O) groups excluding carboxylic acids is 1. The molecule has 0 spiro atoms. The number of halogens is 1. The van der Waals surface area contributed by atoms with Gasteiger partial charge in [0.25, 0.3) is 0 Å². The zero-order valence-electron chi connectivity index (χ0n) is 24.9. The number of methoxy groups -OCH3 is 1. The van der Waals surface area contributed by atoms with Crippen LogP contribution in [0.4, 0.5) is 16.0 Å². The van der Waals surface area contributed by atoms with Crippen LogP contribution >= 0.6 is 0 Å². The summed E-state index contributed by atoms with van der Waals surface area (Å²) in [5.41, 5.74) is 3.71. The number of imidazole rings is 1. The first kappa shape index (κ1) is 29.9. The van der Waals surface area contributed by atoms with Gasteiger partial charge in [-0.3, -0.25) is 4.79 Å². The van der Waals surface area contributed by atoms with Crippen molar-refractivity contribution < 1.29 is 23.4 Å². The van der Waals surface area contributed by atoms with Gasteiger partial charge in [0.1, 0.15) is 11.6 Å². The van der Waals surface area contributed by atoms with Crippen LogP contribution in [-0.4, -0.2) is 52.7 Å². The Bertz CT molecular complexity index is 1750. The van der Waals surface area contributed by atoms with E-state index in [1.54, 1.807) is 31.5 Å². The van der Waals surface area contributed by atoms with Gasteiger partial charge in [0.05, 0.1) is 43.8 Å². The number of H-pyrrole nitrogens is 1. The number of anilines is 2. The lowest BCUT2D eigenvalue weighted by molar-refractivity contribution is -0.232. The van der Waals surface area contributed by atoms with Gasteiger partial charge in [-0.15, -0.1) is 0 Å². The van der Waals surface area contributed by atoms with Crippen LogP contribution in [0.1, 0.15) is 24.6 Å². The van der Waals surface area contributed by atoms with Gasteiger partial charge >= 0.3 is 0 Å². The van der Waals surface area contributed by atoms with E-state index in [1.165, 1.54) is 12.1 Å². The average Bonchev–Trinajstić information content (AvgIpc) is 3.51. The molecule has 6 rings (SSSR count). The maximum absolute atomic E-state index is 13.8. The van der Waals surface area contributed by atoms with Crippen molar-refractivity contribution in [3.05, 3.63) is 108 Å². The van der Waals surface area contributed by atoms with Crippen molar-refractivity contribution in [1.82, 2.24) is 25.3 Å². The summed E-state index contributed by atoms with van der Waals surface area (Å²) in [6.07, 6.45) is 1.18. The van der Waals surface area contributed by atoms with Gasteiger partial charge in [0.2, 0.25) is 18.1 Å². The Balaban J connectivity index is 1.19. The molecule has 10 nitrogen and oxygen atoms in total. The van der Waals surface area contributed by atoms with Crippen LogP contribution in [0.2, 0.25) is 0 Å². The summed E-state index contributed by atoms with van der Waals surface area (Å²) in [7, 11) is 1.61. The van der Waals surface area contributed by atoms with E-state index in [1.807, 2.05) is 61.5 Å². The Hall–Kier alpha value is -5.13. The summed E-state index contributed by atoms with van der Waals surface area (Å²) in [5.74, 6) is 1.11. The largest absolute Gasteiger partial charge is 0.497 e. The van der Waals surface area contributed by atoms with Crippen molar-refractivity contribution in [1.29, 1.82) is 0 Å². The van der Waals surface area contributed by atoms with Crippen molar-refractivity contribution in [3.63, 3.8) is 0 Å². The Labute approximate surface area is 260 Å². The van der Waals surface area contributed by atoms with Crippen LogP contribution in [0.3, 0.4) is 0 Å². The van der Waals surface area contributed by atoms with E-state index in [2.05, 4.69) is 20.6 Å². The Morgan fingerprint density at radius 1 is 1.02 bits per heavy atom. The molecule has 3 aromatic carbocycles. The van der Waals surface area contributed by atoms with Crippen molar-refractivity contribution in [2.45, 2.75) is 19.6 Å². The van der Waals surface area contributed by atoms with E-state index in [9.17, 15) is 9.18 Å². The van der Waals surface area contributed by atoms with Crippen LogP contribution in [0.15, 0.2) is 91.1 Å². The fourth-order valence-corrected chi connectivity index (χ4v) is 4.95. The highest BCUT2D eigenvalue weighted by Crippen LogP contribution is 2.35. The van der Waals surface area contributed by atoms with Gasteiger partial charge in [0, 0.05) is 35.5 Å². The van der Waals surface area contributed by atoms with Gasteiger partial charge in [-0.1, -0.05) is 43.3 Å². The number of carbonyl (C=O) groups is 1. The molecule has 0 atom stereocenters. The highest BCUT2D eigenvalue weighted by atomic mass is 19.1. The first-order chi connectivity index (χ1) is 21.9. The number of nitrogens with zero attached hydrogens (tertiary/aromatic N) is 3. The lowest BCUT2D eigenvalue weighted by atomic mass is 9.92. The van der Waals surface area contributed by atoms with Gasteiger partial charge in [-0.25, -0.2) is 19.3 Å². The second kappa shape index (κ2) is 13.2. The molecule has 1 saturated heterocycles. The topological polar surface area (TPSA) is 123 Å². The Morgan fingerprint density at radius 2 is 1.80 bits per heavy atom. The molecule has 3 N–H and O–H groups in total. The van der Waals surface area contributed by atoms with Crippen LogP contribution in [0.25, 0.3) is 22.6 Å². The van der Waals surface area contributed by atoms with Crippen molar-refractivity contribution in [2.75, 3.05) is 32.2 Å². The molecular formula is C34H33FN6O4. The lowest BCUT2D eigenvalue weighted by Gasteiger charge is -2.36. The predicted octanol–water partition coefficient (Wildman–Crippen LogP) is 5.84. The van der Waals surface area contributed by atoms with Gasteiger partial charge in [0.15, 0.2) is 5.82 Å². The molecule has 11 heteroatoms. The minimum Gasteiger partial charge on any atom is -0.497 e. The standard InChI is InChI=1S/C34H33FN6O4/c1-34(19-37-28(42)17-22-7-4-3-5-8-22)20-44-32(45-21-34)31-40-29(23-11-13-24(35)14-12-23)30(41-31)27-15-16-36-33(39-27)38-25-9-6-10-26(18-25)43-2/h3-16,18,32H,17,19-21H2,1-2H3,(H,37,42)(H,40,41)(H,36,38,39). The number of amides is 1.